The lowest BCUT2D eigenvalue weighted by molar-refractivity contribution is -0.126. The Hall–Kier alpha value is -0.610. The largest absolute Gasteiger partial charge is 0.368 e. The summed E-state index contributed by atoms with van der Waals surface area (Å²) in [6.45, 7) is 4.29. The second kappa shape index (κ2) is 5.57. The summed E-state index contributed by atoms with van der Waals surface area (Å²) in [5.41, 5.74) is 5.32. The Balaban J connectivity index is 1.99. The van der Waals surface area contributed by atoms with E-state index in [0.717, 1.165) is 38.8 Å². The van der Waals surface area contributed by atoms with Crippen molar-refractivity contribution in [1.29, 1.82) is 0 Å². The summed E-state index contributed by atoms with van der Waals surface area (Å²) in [4.78, 5) is 14.3. The summed E-state index contributed by atoms with van der Waals surface area (Å²) in [6.07, 6.45) is 6.68. The zero-order chi connectivity index (χ0) is 13.2. The Labute approximate surface area is 110 Å². The van der Waals surface area contributed by atoms with Crippen LogP contribution < -0.4 is 11.1 Å². The molecule has 104 valence electrons. The zero-order valence-electron chi connectivity index (χ0n) is 11.7. The molecule has 0 bridgehead atoms. The lowest BCUT2D eigenvalue weighted by atomic mass is 9.83. The minimum atomic E-state index is -0.407. The number of carbonyl (C=O) groups excluding carboxylic acids is 1. The highest BCUT2D eigenvalue weighted by molar-refractivity contribution is 5.85. The molecule has 2 fully saturated rings. The van der Waals surface area contributed by atoms with Gasteiger partial charge in [-0.3, -0.25) is 4.79 Å². The Morgan fingerprint density at radius 1 is 1.44 bits per heavy atom. The number of hydrogen-bond acceptors (Lipinski definition) is 3. The highest BCUT2D eigenvalue weighted by atomic mass is 16.1. The molecule has 2 unspecified atom stereocenters. The van der Waals surface area contributed by atoms with E-state index < -0.39 is 5.54 Å². The lowest BCUT2D eigenvalue weighted by Crippen LogP contribution is -2.59. The lowest BCUT2D eigenvalue weighted by Gasteiger charge is -2.34. The molecule has 0 radical (unpaired) electrons. The van der Waals surface area contributed by atoms with E-state index in [2.05, 4.69) is 24.2 Å². The molecule has 0 aromatic rings. The second-order valence-electron chi connectivity index (χ2n) is 6.03. The predicted molar refractivity (Wildman–Crippen MR) is 73.2 cm³/mol. The highest BCUT2D eigenvalue weighted by Crippen LogP contribution is 2.40. The number of carbonyl (C=O) groups is 1. The number of rotatable bonds is 7. The third-order valence-electron chi connectivity index (χ3n) is 4.70. The SMILES string of the molecule is CCN(C)CCC1CCCC1(NC1CC1)C(N)=O. The van der Waals surface area contributed by atoms with Crippen molar-refractivity contribution in [2.75, 3.05) is 20.1 Å². The molecule has 0 spiro atoms. The summed E-state index contributed by atoms with van der Waals surface area (Å²) in [6, 6.07) is 0.544. The second-order valence-corrected chi connectivity index (χ2v) is 6.03. The van der Waals surface area contributed by atoms with Gasteiger partial charge in [0.15, 0.2) is 0 Å². The van der Waals surface area contributed by atoms with Gasteiger partial charge in [-0.1, -0.05) is 13.3 Å². The van der Waals surface area contributed by atoms with Gasteiger partial charge in [-0.25, -0.2) is 0 Å². The van der Waals surface area contributed by atoms with Crippen LogP contribution in [0, 0.1) is 5.92 Å². The number of nitrogens with one attached hydrogen (secondary N) is 1. The van der Waals surface area contributed by atoms with Crippen molar-refractivity contribution >= 4 is 5.91 Å². The topological polar surface area (TPSA) is 58.4 Å². The Morgan fingerprint density at radius 3 is 2.72 bits per heavy atom. The first-order valence-electron chi connectivity index (χ1n) is 7.34. The van der Waals surface area contributed by atoms with E-state index in [9.17, 15) is 4.79 Å². The smallest absolute Gasteiger partial charge is 0.238 e. The van der Waals surface area contributed by atoms with Crippen LogP contribution in [0.2, 0.25) is 0 Å². The zero-order valence-corrected chi connectivity index (χ0v) is 11.7. The number of amides is 1. The maximum absolute atomic E-state index is 12.0. The fourth-order valence-corrected chi connectivity index (χ4v) is 3.18. The van der Waals surface area contributed by atoms with Gasteiger partial charge in [-0.05, 0) is 58.2 Å². The van der Waals surface area contributed by atoms with Crippen LogP contribution in [-0.2, 0) is 4.79 Å². The minimum absolute atomic E-state index is 0.129. The molecule has 0 aromatic carbocycles. The Kier molecular flexibility index (Phi) is 4.28. The first-order valence-corrected chi connectivity index (χ1v) is 7.34. The van der Waals surface area contributed by atoms with E-state index in [-0.39, 0.29) is 5.91 Å². The van der Waals surface area contributed by atoms with Gasteiger partial charge < -0.3 is 16.0 Å². The van der Waals surface area contributed by atoms with Gasteiger partial charge >= 0.3 is 0 Å². The molecule has 2 saturated carbocycles. The Bertz CT molecular complexity index is 303. The van der Waals surface area contributed by atoms with Crippen molar-refractivity contribution < 1.29 is 4.79 Å². The third kappa shape index (κ3) is 2.86. The van der Waals surface area contributed by atoms with Crippen molar-refractivity contribution in [2.45, 2.75) is 57.0 Å². The number of nitrogens with two attached hydrogens (primary N) is 1. The van der Waals surface area contributed by atoms with Crippen LogP contribution in [0.1, 0.15) is 45.4 Å². The molecule has 0 heterocycles. The van der Waals surface area contributed by atoms with Gasteiger partial charge in [0.25, 0.3) is 0 Å². The maximum Gasteiger partial charge on any atom is 0.238 e. The molecular formula is C14H27N3O. The fourth-order valence-electron chi connectivity index (χ4n) is 3.18. The molecular weight excluding hydrogens is 226 g/mol. The van der Waals surface area contributed by atoms with Crippen LogP contribution in [0.5, 0.6) is 0 Å². The maximum atomic E-state index is 12.0. The molecule has 0 aromatic heterocycles. The van der Waals surface area contributed by atoms with Crippen molar-refractivity contribution in [3.8, 4) is 0 Å². The summed E-state index contributed by atoms with van der Waals surface area (Å²) in [5.74, 6) is 0.292. The van der Waals surface area contributed by atoms with Gasteiger partial charge in [0.05, 0.1) is 0 Å². The summed E-state index contributed by atoms with van der Waals surface area (Å²) < 4.78 is 0. The van der Waals surface area contributed by atoms with Crippen molar-refractivity contribution in [1.82, 2.24) is 10.2 Å². The van der Waals surface area contributed by atoms with Crippen molar-refractivity contribution in [3.63, 3.8) is 0 Å². The van der Waals surface area contributed by atoms with Crippen LogP contribution in [0.15, 0.2) is 0 Å². The molecule has 1 amide bonds. The normalized spacial score (nSPS) is 32.1. The molecule has 4 heteroatoms. The first kappa shape index (κ1) is 13.8. The van der Waals surface area contributed by atoms with Crippen LogP contribution in [-0.4, -0.2) is 42.5 Å². The molecule has 0 saturated heterocycles. The molecule has 2 atom stereocenters. The van der Waals surface area contributed by atoms with Crippen LogP contribution in [0.3, 0.4) is 0 Å². The van der Waals surface area contributed by atoms with Crippen molar-refractivity contribution in [3.05, 3.63) is 0 Å². The quantitative estimate of drug-likeness (QED) is 0.714. The van der Waals surface area contributed by atoms with Crippen molar-refractivity contribution in [2.24, 2.45) is 11.7 Å². The van der Waals surface area contributed by atoms with Gasteiger partial charge in [0, 0.05) is 6.04 Å². The van der Waals surface area contributed by atoms with E-state index in [1.54, 1.807) is 0 Å². The molecule has 2 aliphatic carbocycles. The molecule has 0 aliphatic heterocycles. The standard InChI is InChI=1S/C14H27N3O/c1-3-17(2)10-8-11-5-4-9-14(11,13(15)18)16-12-6-7-12/h11-12,16H,3-10H2,1-2H3,(H2,15,18). The first-order chi connectivity index (χ1) is 8.58. The van der Waals surface area contributed by atoms with Gasteiger partial charge in [-0.15, -0.1) is 0 Å². The molecule has 2 aliphatic rings. The van der Waals surface area contributed by atoms with Gasteiger partial charge in [0.1, 0.15) is 5.54 Å². The van der Waals surface area contributed by atoms with Crippen LogP contribution in [0.25, 0.3) is 0 Å². The Morgan fingerprint density at radius 2 is 2.17 bits per heavy atom. The average molecular weight is 253 g/mol. The van der Waals surface area contributed by atoms with E-state index >= 15 is 0 Å². The number of hydrogen-bond donors (Lipinski definition) is 2. The molecule has 18 heavy (non-hydrogen) atoms. The van der Waals surface area contributed by atoms with Crippen LogP contribution in [0.4, 0.5) is 0 Å². The van der Waals surface area contributed by atoms with Gasteiger partial charge in [-0.2, -0.15) is 0 Å². The number of primary amides is 1. The predicted octanol–water partition coefficient (Wildman–Crippen LogP) is 1.10. The summed E-state index contributed by atoms with van der Waals surface area (Å²) >= 11 is 0. The summed E-state index contributed by atoms with van der Waals surface area (Å²) in [7, 11) is 2.13. The highest BCUT2D eigenvalue weighted by Gasteiger charge is 2.49. The minimum Gasteiger partial charge on any atom is -0.368 e. The van der Waals surface area contributed by atoms with Crippen LogP contribution >= 0.6 is 0 Å². The van der Waals surface area contributed by atoms with E-state index in [1.165, 1.54) is 12.8 Å². The average Bonchev–Trinajstić information content (AvgIpc) is 3.05. The van der Waals surface area contributed by atoms with E-state index in [1.807, 2.05) is 0 Å². The summed E-state index contributed by atoms with van der Waals surface area (Å²) in [5, 5.41) is 3.56. The molecule has 3 N–H and O–H groups in total. The van der Waals surface area contributed by atoms with E-state index in [4.69, 9.17) is 5.73 Å². The third-order valence-corrected chi connectivity index (χ3v) is 4.70. The number of nitrogens with zero attached hydrogens (tertiary/aromatic N) is 1. The fraction of sp³-hybridized carbons (Fsp3) is 0.929. The monoisotopic (exact) mass is 253 g/mol. The molecule has 2 rings (SSSR count). The van der Waals surface area contributed by atoms with E-state index in [0.29, 0.717) is 12.0 Å². The van der Waals surface area contributed by atoms with Gasteiger partial charge in [0.2, 0.25) is 5.91 Å². The molecule has 4 nitrogen and oxygen atoms in total.